The molecule has 1 aliphatic rings. The van der Waals surface area contributed by atoms with Crippen molar-refractivity contribution in [1.29, 1.82) is 0 Å². The Balaban J connectivity index is 1.72. The highest BCUT2D eigenvalue weighted by Gasteiger charge is 2.35. The predicted octanol–water partition coefficient (Wildman–Crippen LogP) is 6.17. The zero-order chi connectivity index (χ0) is 22.6. The van der Waals surface area contributed by atoms with Crippen molar-refractivity contribution in [2.45, 2.75) is 76.4 Å². The number of rotatable bonds is 7. The van der Waals surface area contributed by atoms with Gasteiger partial charge in [-0.05, 0) is 72.8 Å². The maximum atomic E-state index is 13.4. The van der Waals surface area contributed by atoms with Crippen LogP contribution in [0.2, 0.25) is 0 Å². The van der Waals surface area contributed by atoms with Crippen molar-refractivity contribution in [2.75, 3.05) is 6.54 Å². The Hall–Kier alpha value is -2.04. The molecule has 0 aliphatic heterocycles. The molecule has 2 nitrogen and oxygen atoms in total. The van der Waals surface area contributed by atoms with Crippen molar-refractivity contribution in [3.8, 4) is 0 Å². The van der Waals surface area contributed by atoms with E-state index in [1.807, 2.05) is 0 Å². The zero-order valence-electron chi connectivity index (χ0n) is 19.0. The molecule has 0 spiro atoms. The standard InChI is InChI=1S/C27H35F2NO/c1-19-7-6-12-27(17-19,22-9-5-8-21(15-22)26(2,3)4)30-18-25(31)11-10-20-13-23(28)16-24(29)14-20/h5,8-9,13-16,25,30-31H,1,6-7,10-12,17-18H2,2-4H3. The molecule has 2 atom stereocenters. The minimum atomic E-state index is -0.607. The van der Waals surface area contributed by atoms with E-state index in [1.165, 1.54) is 28.8 Å². The first-order chi connectivity index (χ1) is 14.6. The molecular formula is C27H35F2NO. The van der Waals surface area contributed by atoms with E-state index in [9.17, 15) is 13.9 Å². The number of halogens is 2. The summed E-state index contributed by atoms with van der Waals surface area (Å²) in [6.45, 7) is 11.3. The minimum Gasteiger partial charge on any atom is -0.392 e. The molecule has 1 saturated carbocycles. The van der Waals surface area contributed by atoms with Crippen molar-refractivity contribution in [1.82, 2.24) is 5.32 Å². The van der Waals surface area contributed by atoms with Crippen molar-refractivity contribution in [3.63, 3.8) is 0 Å². The number of aliphatic hydroxyl groups excluding tert-OH is 1. The topological polar surface area (TPSA) is 32.3 Å². The van der Waals surface area contributed by atoms with Gasteiger partial charge in [-0.2, -0.15) is 0 Å². The van der Waals surface area contributed by atoms with Crippen LogP contribution in [0.4, 0.5) is 8.78 Å². The van der Waals surface area contributed by atoms with Gasteiger partial charge in [0.2, 0.25) is 0 Å². The van der Waals surface area contributed by atoms with E-state index in [-0.39, 0.29) is 11.0 Å². The number of aryl methyl sites for hydroxylation is 1. The van der Waals surface area contributed by atoms with Crippen LogP contribution in [0.25, 0.3) is 0 Å². The third-order valence-corrected chi connectivity index (χ3v) is 6.33. The molecule has 2 unspecified atom stereocenters. The third-order valence-electron chi connectivity index (χ3n) is 6.33. The highest BCUT2D eigenvalue weighted by atomic mass is 19.1. The van der Waals surface area contributed by atoms with Crippen LogP contribution >= 0.6 is 0 Å². The van der Waals surface area contributed by atoms with Crippen LogP contribution < -0.4 is 5.32 Å². The van der Waals surface area contributed by atoms with Gasteiger partial charge in [0.05, 0.1) is 6.10 Å². The van der Waals surface area contributed by atoms with Gasteiger partial charge in [0.15, 0.2) is 0 Å². The van der Waals surface area contributed by atoms with Gasteiger partial charge in [-0.3, -0.25) is 0 Å². The summed E-state index contributed by atoms with van der Waals surface area (Å²) in [6.07, 6.45) is 4.19. The number of aliphatic hydroxyl groups is 1. The maximum Gasteiger partial charge on any atom is 0.126 e. The minimum absolute atomic E-state index is 0.0582. The molecule has 1 aliphatic carbocycles. The Bertz CT molecular complexity index is 897. The van der Waals surface area contributed by atoms with Crippen LogP contribution in [0.15, 0.2) is 54.6 Å². The molecule has 0 amide bonds. The van der Waals surface area contributed by atoms with Crippen LogP contribution in [0, 0.1) is 11.6 Å². The molecule has 2 aromatic carbocycles. The lowest BCUT2D eigenvalue weighted by atomic mass is 9.73. The second-order valence-corrected chi connectivity index (χ2v) is 10.0. The van der Waals surface area contributed by atoms with Gasteiger partial charge in [-0.25, -0.2) is 8.78 Å². The van der Waals surface area contributed by atoms with Gasteiger partial charge in [-0.15, -0.1) is 0 Å². The summed E-state index contributed by atoms with van der Waals surface area (Å²) < 4.78 is 26.8. The highest BCUT2D eigenvalue weighted by Crippen LogP contribution is 2.40. The second-order valence-electron chi connectivity index (χ2n) is 10.0. The summed E-state index contributed by atoms with van der Waals surface area (Å²) in [5.41, 5.74) is 4.13. The fourth-order valence-electron chi connectivity index (χ4n) is 4.53. The monoisotopic (exact) mass is 427 g/mol. The molecule has 168 valence electrons. The van der Waals surface area contributed by atoms with E-state index in [0.29, 0.717) is 24.9 Å². The first kappa shape index (κ1) is 23.6. The predicted molar refractivity (Wildman–Crippen MR) is 123 cm³/mol. The molecule has 2 aromatic rings. The second kappa shape index (κ2) is 9.62. The first-order valence-corrected chi connectivity index (χ1v) is 11.2. The van der Waals surface area contributed by atoms with Crippen molar-refractivity contribution < 1.29 is 13.9 Å². The van der Waals surface area contributed by atoms with E-state index >= 15 is 0 Å². The van der Waals surface area contributed by atoms with Gasteiger partial charge in [-0.1, -0.05) is 57.2 Å². The number of benzene rings is 2. The number of hydrogen-bond acceptors (Lipinski definition) is 2. The Morgan fingerprint density at radius 1 is 1.13 bits per heavy atom. The fraction of sp³-hybridized carbons (Fsp3) is 0.481. The van der Waals surface area contributed by atoms with E-state index in [0.717, 1.165) is 31.7 Å². The summed E-state index contributed by atoms with van der Waals surface area (Å²) in [6, 6.07) is 12.3. The van der Waals surface area contributed by atoms with E-state index in [2.05, 4.69) is 56.9 Å². The van der Waals surface area contributed by atoms with Gasteiger partial charge in [0.25, 0.3) is 0 Å². The Morgan fingerprint density at radius 2 is 1.84 bits per heavy atom. The Kier molecular flexibility index (Phi) is 7.33. The lowest BCUT2D eigenvalue weighted by Gasteiger charge is -2.41. The maximum absolute atomic E-state index is 13.4. The number of hydrogen-bond donors (Lipinski definition) is 2. The van der Waals surface area contributed by atoms with Gasteiger partial charge in [0.1, 0.15) is 11.6 Å². The molecule has 0 aromatic heterocycles. The quantitative estimate of drug-likeness (QED) is 0.518. The molecule has 0 saturated heterocycles. The van der Waals surface area contributed by atoms with E-state index in [1.54, 1.807) is 0 Å². The van der Waals surface area contributed by atoms with E-state index in [4.69, 9.17) is 0 Å². The van der Waals surface area contributed by atoms with Crippen molar-refractivity contribution in [3.05, 3.63) is 82.9 Å². The van der Waals surface area contributed by atoms with Gasteiger partial charge in [0, 0.05) is 18.2 Å². The van der Waals surface area contributed by atoms with Gasteiger partial charge < -0.3 is 10.4 Å². The normalized spacial score (nSPS) is 20.6. The molecular weight excluding hydrogens is 392 g/mol. The summed E-state index contributed by atoms with van der Waals surface area (Å²) in [5.74, 6) is -1.16. The summed E-state index contributed by atoms with van der Waals surface area (Å²) in [4.78, 5) is 0. The third kappa shape index (κ3) is 6.24. The molecule has 0 radical (unpaired) electrons. The van der Waals surface area contributed by atoms with Crippen LogP contribution in [0.1, 0.15) is 69.6 Å². The summed E-state index contributed by atoms with van der Waals surface area (Å²) in [7, 11) is 0. The number of nitrogens with one attached hydrogen (secondary N) is 1. The average molecular weight is 428 g/mol. The molecule has 0 heterocycles. The first-order valence-electron chi connectivity index (χ1n) is 11.2. The highest BCUT2D eigenvalue weighted by molar-refractivity contribution is 5.35. The summed E-state index contributed by atoms with van der Waals surface area (Å²) >= 11 is 0. The fourth-order valence-corrected chi connectivity index (χ4v) is 4.53. The van der Waals surface area contributed by atoms with E-state index < -0.39 is 17.7 Å². The van der Waals surface area contributed by atoms with Crippen molar-refractivity contribution in [2.24, 2.45) is 0 Å². The van der Waals surface area contributed by atoms with Crippen molar-refractivity contribution >= 4 is 0 Å². The molecule has 0 bridgehead atoms. The molecule has 4 heteroatoms. The Morgan fingerprint density at radius 3 is 2.48 bits per heavy atom. The van der Waals surface area contributed by atoms with Crippen LogP contribution in [0.3, 0.4) is 0 Å². The summed E-state index contributed by atoms with van der Waals surface area (Å²) in [5, 5.41) is 14.3. The molecule has 1 fully saturated rings. The molecule has 2 N–H and O–H groups in total. The lowest BCUT2D eigenvalue weighted by molar-refractivity contribution is 0.137. The van der Waals surface area contributed by atoms with Crippen LogP contribution in [-0.2, 0) is 17.4 Å². The molecule has 31 heavy (non-hydrogen) atoms. The zero-order valence-corrected chi connectivity index (χ0v) is 19.0. The molecule has 3 rings (SSSR count). The average Bonchev–Trinajstić information content (AvgIpc) is 2.69. The van der Waals surface area contributed by atoms with Crippen LogP contribution in [0.5, 0.6) is 0 Å². The lowest BCUT2D eigenvalue weighted by Crippen LogP contribution is -2.47. The SMILES string of the molecule is C=C1CCCC(NCC(O)CCc2cc(F)cc(F)c2)(c2cccc(C(C)(C)C)c2)C1. The smallest absolute Gasteiger partial charge is 0.126 e. The van der Waals surface area contributed by atoms with Gasteiger partial charge >= 0.3 is 0 Å². The largest absolute Gasteiger partial charge is 0.392 e. The Labute approximate surface area is 185 Å². The van der Waals surface area contributed by atoms with Crippen LogP contribution in [-0.4, -0.2) is 17.8 Å².